The third-order valence-electron chi connectivity index (χ3n) is 3.09. The van der Waals surface area contributed by atoms with Crippen molar-refractivity contribution in [3.63, 3.8) is 0 Å². The van der Waals surface area contributed by atoms with Gasteiger partial charge in [-0.15, -0.1) is 0 Å². The minimum absolute atomic E-state index is 0.00978. The van der Waals surface area contributed by atoms with E-state index in [1.165, 1.54) is 6.26 Å². The molecule has 0 saturated carbocycles. The molecule has 0 aliphatic heterocycles. The molecule has 0 radical (unpaired) electrons. The third kappa shape index (κ3) is 5.56. The highest BCUT2D eigenvalue weighted by atomic mass is 79.9. The standard InChI is InChI=1S/C17H19BrN2O3/c1-11(2)6-16(21)20-14-5-3-4-12(7-14)9-19-17(22)13-8-15(18)23-10-13/h3-5,7-8,10-11H,6,9H2,1-2H3,(H,19,22)(H,20,21). The first-order valence-corrected chi connectivity index (χ1v) is 8.14. The lowest BCUT2D eigenvalue weighted by molar-refractivity contribution is -0.116. The average Bonchev–Trinajstić information content (AvgIpc) is 2.91. The summed E-state index contributed by atoms with van der Waals surface area (Å²) in [4.78, 5) is 23.7. The lowest BCUT2D eigenvalue weighted by Gasteiger charge is -2.09. The van der Waals surface area contributed by atoms with E-state index in [1.54, 1.807) is 6.07 Å². The number of halogens is 1. The van der Waals surface area contributed by atoms with E-state index in [-0.39, 0.29) is 11.8 Å². The van der Waals surface area contributed by atoms with Gasteiger partial charge in [-0.1, -0.05) is 26.0 Å². The molecule has 0 bridgehead atoms. The van der Waals surface area contributed by atoms with Gasteiger partial charge in [-0.25, -0.2) is 0 Å². The smallest absolute Gasteiger partial charge is 0.254 e. The van der Waals surface area contributed by atoms with Crippen LogP contribution in [0.1, 0.15) is 36.2 Å². The average molecular weight is 379 g/mol. The number of hydrogen-bond donors (Lipinski definition) is 2. The van der Waals surface area contributed by atoms with Gasteiger partial charge in [-0.05, 0) is 39.5 Å². The molecule has 0 unspecified atom stereocenters. The molecule has 122 valence electrons. The van der Waals surface area contributed by atoms with Gasteiger partial charge in [0.1, 0.15) is 6.26 Å². The molecule has 0 fully saturated rings. The minimum Gasteiger partial charge on any atom is -0.457 e. The van der Waals surface area contributed by atoms with Crippen LogP contribution in [-0.4, -0.2) is 11.8 Å². The van der Waals surface area contributed by atoms with Crippen LogP contribution in [-0.2, 0) is 11.3 Å². The summed E-state index contributed by atoms with van der Waals surface area (Å²) in [5, 5.41) is 5.67. The Hall–Kier alpha value is -2.08. The van der Waals surface area contributed by atoms with E-state index < -0.39 is 0 Å². The van der Waals surface area contributed by atoms with Crippen LogP contribution in [0, 0.1) is 5.92 Å². The molecule has 1 aromatic carbocycles. The normalized spacial score (nSPS) is 10.6. The highest BCUT2D eigenvalue weighted by Crippen LogP contribution is 2.15. The van der Waals surface area contributed by atoms with Crippen LogP contribution in [0.15, 0.2) is 45.7 Å². The van der Waals surface area contributed by atoms with Gasteiger partial charge in [0.25, 0.3) is 5.91 Å². The Bertz CT molecular complexity index is 695. The Balaban J connectivity index is 1.92. The maximum absolute atomic E-state index is 12.0. The quantitative estimate of drug-likeness (QED) is 0.798. The first kappa shape index (κ1) is 17.3. The highest BCUT2D eigenvalue weighted by molar-refractivity contribution is 9.10. The summed E-state index contributed by atoms with van der Waals surface area (Å²) >= 11 is 3.16. The van der Waals surface area contributed by atoms with Crippen LogP contribution in [0.3, 0.4) is 0 Å². The number of carbonyl (C=O) groups excluding carboxylic acids is 2. The van der Waals surface area contributed by atoms with E-state index in [4.69, 9.17) is 4.42 Å². The molecule has 0 spiro atoms. The molecule has 0 saturated heterocycles. The van der Waals surface area contributed by atoms with Gasteiger partial charge in [-0.3, -0.25) is 9.59 Å². The molecular weight excluding hydrogens is 360 g/mol. The number of nitrogens with one attached hydrogen (secondary N) is 2. The van der Waals surface area contributed by atoms with E-state index in [9.17, 15) is 9.59 Å². The summed E-state index contributed by atoms with van der Waals surface area (Å²) in [5.41, 5.74) is 2.09. The maximum Gasteiger partial charge on any atom is 0.254 e. The summed E-state index contributed by atoms with van der Waals surface area (Å²) in [5.74, 6) is 0.0879. The largest absolute Gasteiger partial charge is 0.457 e. The Labute approximate surface area is 143 Å². The van der Waals surface area contributed by atoms with Crippen molar-refractivity contribution < 1.29 is 14.0 Å². The lowest BCUT2D eigenvalue weighted by Crippen LogP contribution is -2.22. The van der Waals surface area contributed by atoms with Crippen LogP contribution >= 0.6 is 15.9 Å². The van der Waals surface area contributed by atoms with Gasteiger partial charge in [0.15, 0.2) is 4.67 Å². The predicted molar refractivity (Wildman–Crippen MR) is 92.1 cm³/mol. The zero-order chi connectivity index (χ0) is 16.8. The van der Waals surface area contributed by atoms with Gasteiger partial charge < -0.3 is 15.1 Å². The van der Waals surface area contributed by atoms with Crippen molar-refractivity contribution in [2.24, 2.45) is 5.92 Å². The van der Waals surface area contributed by atoms with Gasteiger partial charge in [0.2, 0.25) is 5.91 Å². The van der Waals surface area contributed by atoms with Crippen molar-refractivity contribution >= 4 is 33.4 Å². The van der Waals surface area contributed by atoms with Crippen molar-refractivity contribution in [3.8, 4) is 0 Å². The first-order valence-electron chi connectivity index (χ1n) is 7.35. The van der Waals surface area contributed by atoms with Crippen molar-refractivity contribution in [1.29, 1.82) is 0 Å². The van der Waals surface area contributed by atoms with Crippen molar-refractivity contribution in [1.82, 2.24) is 5.32 Å². The highest BCUT2D eigenvalue weighted by Gasteiger charge is 2.09. The van der Waals surface area contributed by atoms with Gasteiger partial charge >= 0.3 is 0 Å². The number of amides is 2. The fraction of sp³-hybridized carbons (Fsp3) is 0.294. The van der Waals surface area contributed by atoms with Gasteiger partial charge in [0.05, 0.1) is 5.56 Å². The summed E-state index contributed by atoms with van der Waals surface area (Å²) in [7, 11) is 0. The SMILES string of the molecule is CC(C)CC(=O)Nc1cccc(CNC(=O)c2coc(Br)c2)c1. The van der Waals surface area contributed by atoms with Crippen molar-refractivity contribution in [3.05, 3.63) is 52.4 Å². The number of anilines is 1. The fourth-order valence-electron chi connectivity index (χ4n) is 2.06. The lowest BCUT2D eigenvalue weighted by atomic mass is 10.1. The van der Waals surface area contributed by atoms with Crippen molar-refractivity contribution in [2.45, 2.75) is 26.8 Å². The van der Waals surface area contributed by atoms with E-state index in [0.29, 0.717) is 29.1 Å². The molecule has 5 nitrogen and oxygen atoms in total. The Morgan fingerprint density at radius 1 is 1.26 bits per heavy atom. The number of furan rings is 1. The van der Waals surface area contributed by atoms with Crippen LogP contribution in [0.25, 0.3) is 0 Å². The molecule has 6 heteroatoms. The number of rotatable bonds is 6. The Morgan fingerprint density at radius 3 is 2.70 bits per heavy atom. The molecule has 2 N–H and O–H groups in total. The second-order valence-corrected chi connectivity index (χ2v) is 6.45. The van der Waals surface area contributed by atoms with Crippen LogP contribution < -0.4 is 10.6 Å². The van der Waals surface area contributed by atoms with E-state index >= 15 is 0 Å². The molecule has 0 atom stereocenters. The molecule has 2 rings (SSSR count). The molecule has 0 aliphatic rings. The molecule has 1 aromatic heterocycles. The second-order valence-electron chi connectivity index (χ2n) is 5.67. The third-order valence-corrected chi connectivity index (χ3v) is 3.50. The zero-order valence-electron chi connectivity index (χ0n) is 13.1. The fourth-order valence-corrected chi connectivity index (χ4v) is 2.40. The molecule has 2 amide bonds. The van der Waals surface area contributed by atoms with Crippen molar-refractivity contribution in [2.75, 3.05) is 5.32 Å². The molecular formula is C17H19BrN2O3. The Morgan fingerprint density at radius 2 is 2.04 bits per heavy atom. The van der Waals surface area contributed by atoms with Crippen LogP contribution in [0.5, 0.6) is 0 Å². The number of hydrogen-bond acceptors (Lipinski definition) is 3. The van der Waals surface area contributed by atoms with E-state index in [2.05, 4.69) is 26.6 Å². The summed E-state index contributed by atoms with van der Waals surface area (Å²) in [6.45, 7) is 4.37. The second kappa shape index (κ2) is 7.97. The monoisotopic (exact) mass is 378 g/mol. The first-order chi connectivity index (χ1) is 10.9. The van der Waals surface area contributed by atoms with Crippen LogP contribution in [0.4, 0.5) is 5.69 Å². The topological polar surface area (TPSA) is 71.3 Å². The Kier molecular flexibility index (Phi) is 5.98. The molecule has 2 aromatic rings. The van der Waals surface area contributed by atoms with E-state index in [0.717, 1.165) is 11.3 Å². The summed E-state index contributed by atoms with van der Waals surface area (Å²) in [6.07, 6.45) is 1.87. The van der Waals surface area contributed by atoms with E-state index in [1.807, 2.05) is 38.1 Å². The van der Waals surface area contributed by atoms with Crippen LogP contribution in [0.2, 0.25) is 0 Å². The summed E-state index contributed by atoms with van der Waals surface area (Å²) < 4.78 is 5.55. The zero-order valence-corrected chi connectivity index (χ0v) is 14.6. The number of carbonyl (C=O) groups is 2. The minimum atomic E-state index is -0.214. The number of benzene rings is 1. The molecule has 1 heterocycles. The molecule has 23 heavy (non-hydrogen) atoms. The summed E-state index contributed by atoms with van der Waals surface area (Å²) in [6, 6.07) is 9.03. The maximum atomic E-state index is 12.0. The van der Waals surface area contributed by atoms with Gasteiger partial charge in [0, 0.05) is 24.7 Å². The predicted octanol–water partition coefficient (Wildman–Crippen LogP) is 3.96. The van der Waals surface area contributed by atoms with Gasteiger partial charge in [-0.2, -0.15) is 0 Å². The molecule has 0 aliphatic carbocycles.